The van der Waals surface area contributed by atoms with Crippen molar-refractivity contribution < 1.29 is 12.9 Å². The van der Waals surface area contributed by atoms with E-state index in [1.165, 1.54) is 0 Å². The molecule has 3 rings (SSSR count). The first-order valence-corrected chi connectivity index (χ1v) is 5.13. The van der Waals surface area contributed by atoms with E-state index in [4.69, 9.17) is 0 Å². The Balaban J connectivity index is 1.86. The van der Waals surface area contributed by atoms with Crippen LogP contribution in [0.15, 0.2) is 0 Å². The van der Waals surface area contributed by atoms with Crippen molar-refractivity contribution in [2.24, 2.45) is 5.41 Å². The van der Waals surface area contributed by atoms with Crippen LogP contribution in [0.1, 0.15) is 45.4 Å². The van der Waals surface area contributed by atoms with Gasteiger partial charge in [0.25, 0.3) is 0 Å². The van der Waals surface area contributed by atoms with Crippen molar-refractivity contribution >= 4 is 6.98 Å². The third-order valence-corrected chi connectivity index (χ3v) is 3.94. The van der Waals surface area contributed by atoms with Gasteiger partial charge in [-0.2, -0.15) is 0 Å². The molecule has 3 saturated carbocycles. The fraction of sp³-hybridized carbons (Fsp3) is 1.00. The molecule has 0 aromatic carbocycles. The van der Waals surface area contributed by atoms with Gasteiger partial charge in [0.15, 0.2) is 0 Å². The van der Waals surface area contributed by atoms with Crippen molar-refractivity contribution in [3.8, 4) is 0 Å². The zero-order valence-corrected chi connectivity index (χ0v) is 7.95. The van der Waals surface area contributed by atoms with E-state index in [9.17, 15) is 12.9 Å². The molecule has 0 radical (unpaired) electrons. The lowest BCUT2D eigenvalue weighted by molar-refractivity contribution is -0.119. The summed E-state index contributed by atoms with van der Waals surface area (Å²) in [6, 6.07) is 0. The molecule has 0 aliphatic heterocycles. The molecule has 0 aromatic rings. The third kappa shape index (κ3) is 1.13. The molecule has 0 N–H and O–H groups in total. The van der Waals surface area contributed by atoms with Gasteiger partial charge in [-0.1, -0.05) is 44.3 Å². The number of hydrogen-bond donors (Lipinski definition) is 0. The Kier molecular flexibility index (Phi) is 1.78. The Morgan fingerprint density at radius 2 is 1.69 bits per heavy atom. The van der Waals surface area contributed by atoms with E-state index >= 15 is 0 Å². The molecule has 0 amide bonds. The second-order valence-corrected chi connectivity index (χ2v) is 5.07. The highest BCUT2D eigenvalue weighted by Crippen LogP contribution is 2.83. The Bertz CT molecular complexity index is 202. The molecule has 0 aromatic heterocycles. The van der Waals surface area contributed by atoms with Crippen LogP contribution in [-0.4, -0.2) is 6.98 Å². The van der Waals surface area contributed by atoms with Crippen LogP contribution in [0.25, 0.3) is 0 Å². The highest BCUT2D eigenvalue weighted by atomic mass is 19.4. The Labute approximate surface area is 76.9 Å². The summed E-state index contributed by atoms with van der Waals surface area (Å²) in [5.74, 6) is 0. The van der Waals surface area contributed by atoms with Gasteiger partial charge >= 0.3 is 6.98 Å². The van der Waals surface area contributed by atoms with Gasteiger partial charge in [-0.3, -0.25) is 0 Å². The zero-order valence-electron chi connectivity index (χ0n) is 7.95. The molecule has 0 saturated heterocycles. The quantitative estimate of drug-likeness (QED) is 0.590. The second-order valence-electron chi connectivity index (χ2n) is 5.07. The van der Waals surface area contributed by atoms with E-state index in [0.717, 1.165) is 19.3 Å². The number of hydrogen-bond acceptors (Lipinski definition) is 0. The molecule has 0 spiro atoms. The van der Waals surface area contributed by atoms with Gasteiger partial charge in [0.05, 0.1) is 0 Å². The van der Waals surface area contributed by atoms with Crippen molar-refractivity contribution in [1.82, 2.24) is 0 Å². The van der Waals surface area contributed by atoms with Crippen molar-refractivity contribution in [1.29, 1.82) is 0 Å². The summed E-state index contributed by atoms with van der Waals surface area (Å²) in [5.41, 5.74) is 0.132. The number of rotatable bonds is 4. The van der Waals surface area contributed by atoms with E-state index in [2.05, 4.69) is 6.92 Å². The Morgan fingerprint density at radius 1 is 1.15 bits per heavy atom. The summed E-state index contributed by atoms with van der Waals surface area (Å²) in [7, 11) is 0. The van der Waals surface area contributed by atoms with Crippen molar-refractivity contribution in [2.75, 3.05) is 0 Å². The van der Waals surface area contributed by atoms with Crippen molar-refractivity contribution in [3.05, 3.63) is 0 Å². The average Bonchev–Trinajstić information content (AvgIpc) is 1.78. The smallest absolute Gasteiger partial charge is 0.449 e. The first-order chi connectivity index (χ1) is 5.93. The molecule has 2 bridgehead atoms. The molecular formula is C9H15BF3-. The molecule has 0 unspecified atom stereocenters. The van der Waals surface area contributed by atoms with E-state index in [1.54, 1.807) is 0 Å². The largest absolute Gasteiger partial charge is 0.484 e. The molecule has 0 heterocycles. The molecule has 3 aliphatic carbocycles. The minimum absolute atomic E-state index is 0.132. The molecule has 3 fully saturated rings. The first kappa shape index (κ1) is 9.41. The summed E-state index contributed by atoms with van der Waals surface area (Å²) in [6.07, 6.45) is 4.57. The fourth-order valence-corrected chi connectivity index (χ4v) is 3.25. The van der Waals surface area contributed by atoms with Gasteiger partial charge in [-0.25, -0.2) is 0 Å². The van der Waals surface area contributed by atoms with Gasteiger partial charge in [0.1, 0.15) is 0 Å². The Hall–Kier alpha value is -0.145. The monoisotopic (exact) mass is 191 g/mol. The van der Waals surface area contributed by atoms with Gasteiger partial charge < -0.3 is 12.9 Å². The highest BCUT2D eigenvalue weighted by molar-refractivity contribution is 6.63. The standard InChI is InChI=1S/C9H15BF3/c1-2-3-4-8-5-9(6-8,7-8)10(11,12)13/h2-7H2,1H3/q-1. The normalized spacial score (nSPS) is 42.5. The zero-order chi connectivity index (χ0) is 9.74. The maximum atomic E-state index is 12.5. The summed E-state index contributed by atoms with van der Waals surface area (Å²) in [6.45, 7) is -2.46. The SMILES string of the molecule is CCCCC12CC([B-](F)(F)F)(C1)C2. The maximum absolute atomic E-state index is 12.5. The summed E-state index contributed by atoms with van der Waals surface area (Å²) < 4.78 is 37.4. The van der Waals surface area contributed by atoms with E-state index in [1.807, 2.05) is 0 Å². The topological polar surface area (TPSA) is 0 Å². The third-order valence-electron chi connectivity index (χ3n) is 3.94. The van der Waals surface area contributed by atoms with Crippen LogP contribution in [0.5, 0.6) is 0 Å². The molecule has 76 valence electrons. The predicted molar refractivity (Wildman–Crippen MR) is 47.6 cm³/mol. The lowest BCUT2D eigenvalue weighted by Crippen LogP contribution is -2.64. The second kappa shape index (κ2) is 2.45. The average molecular weight is 191 g/mol. The van der Waals surface area contributed by atoms with Crippen LogP contribution >= 0.6 is 0 Å². The van der Waals surface area contributed by atoms with Crippen LogP contribution < -0.4 is 0 Å². The van der Waals surface area contributed by atoms with E-state index < -0.39 is 12.3 Å². The highest BCUT2D eigenvalue weighted by Gasteiger charge is 2.72. The first-order valence-electron chi connectivity index (χ1n) is 5.13. The number of unbranched alkanes of at least 4 members (excludes halogenated alkanes) is 1. The van der Waals surface area contributed by atoms with E-state index in [0.29, 0.717) is 19.3 Å². The van der Waals surface area contributed by atoms with Crippen LogP contribution in [0.4, 0.5) is 12.9 Å². The fourth-order valence-electron chi connectivity index (χ4n) is 3.25. The molecule has 3 aliphatic rings. The molecule has 13 heavy (non-hydrogen) atoms. The maximum Gasteiger partial charge on any atom is 0.484 e. The van der Waals surface area contributed by atoms with E-state index in [-0.39, 0.29) is 5.41 Å². The van der Waals surface area contributed by atoms with Gasteiger partial charge in [-0.05, 0) is 11.8 Å². The van der Waals surface area contributed by atoms with Gasteiger partial charge in [0, 0.05) is 0 Å². The van der Waals surface area contributed by atoms with Crippen LogP contribution in [-0.2, 0) is 0 Å². The molecule has 4 heteroatoms. The minimum atomic E-state index is -4.55. The Morgan fingerprint density at radius 3 is 2.08 bits per heavy atom. The van der Waals surface area contributed by atoms with Crippen LogP contribution in [0.2, 0.25) is 5.31 Å². The lowest BCUT2D eigenvalue weighted by Gasteiger charge is -2.76. The summed E-state index contributed by atoms with van der Waals surface area (Å²) >= 11 is 0. The summed E-state index contributed by atoms with van der Waals surface area (Å²) in [4.78, 5) is 0. The van der Waals surface area contributed by atoms with Gasteiger partial charge in [-0.15, -0.1) is 0 Å². The molecule has 0 atom stereocenters. The van der Waals surface area contributed by atoms with Crippen molar-refractivity contribution in [3.63, 3.8) is 0 Å². The minimum Gasteiger partial charge on any atom is -0.449 e. The van der Waals surface area contributed by atoms with Crippen LogP contribution in [0, 0.1) is 5.41 Å². The van der Waals surface area contributed by atoms with Crippen molar-refractivity contribution in [2.45, 2.75) is 50.8 Å². The molecular weight excluding hydrogens is 176 g/mol. The molecule has 0 nitrogen and oxygen atoms in total. The predicted octanol–water partition coefficient (Wildman–Crippen LogP) is 3.95. The van der Waals surface area contributed by atoms with Crippen LogP contribution in [0.3, 0.4) is 0 Å². The number of halogens is 3. The summed E-state index contributed by atoms with van der Waals surface area (Å²) in [5, 5.41) is -1.17. The lowest BCUT2D eigenvalue weighted by atomic mass is 9.23. The van der Waals surface area contributed by atoms with Gasteiger partial charge in [0.2, 0.25) is 0 Å².